The topological polar surface area (TPSA) is 88.4 Å². The maximum Gasteiger partial charge on any atom is 0.349 e. The first-order chi connectivity index (χ1) is 13.2. The van der Waals surface area contributed by atoms with Crippen molar-refractivity contribution in [3.8, 4) is 0 Å². The summed E-state index contributed by atoms with van der Waals surface area (Å²) in [5.41, 5.74) is 0.761. The van der Waals surface area contributed by atoms with Gasteiger partial charge < -0.3 is 15.1 Å². The number of hydrogen-bond donors (Lipinski definition) is 2. The van der Waals surface area contributed by atoms with E-state index in [2.05, 4.69) is 17.6 Å². The average Bonchev–Trinajstić information content (AvgIpc) is 2.60. The molecule has 0 aliphatic rings. The van der Waals surface area contributed by atoms with E-state index in [-0.39, 0.29) is 23.4 Å². The zero-order valence-electron chi connectivity index (χ0n) is 17.1. The Morgan fingerprint density at radius 1 is 1.11 bits per heavy atom. The highest BCUT2D eigenvalue weighted by Gasteiger charge is 2.19. The molecule has 0 radical (unpaired) electrons. The Kier molecular flexibility index (Phi) is 7.15. The Bertz CT molecular complexity index is 915. The fourth-order valence-corrected chi connectivity index (χ4v) is 3.00. The number of amides is 2. The van der Waals surface area contributed by atoms with E-state index in [1.54, 1.807) is 37.3 Å². The predicted octanol–water partition coefficient (Wildman–Crippen LogP) is 4.24. The number of anilines is 1. The Morgan fingerprint density at radius 2 is 1.82 bits per heavy atom. The SMILES string of the molecule is CCCC(C)c1cc(C)c(C(=O)Nc2cccc(C(=O)NC(C)C)c2)c(=O)o1. The van der Waals surface area contributed by atoms with Crippen molar-refractivity contribution in [3.63, 3.8) is 0 Å². The second-order valence-electron chi connectivity index (χ2n) is 7.35. The minimum atomic E-state index is -0.649. The molecule has 2 aromatic rings. The summed E-state index contributed by atoms with van der Waals surface area (Å²) < 4.78 is 5.39. The van der Waals surface area contributed by atoms with Gasteiger partial charge in [-0.05, 0) is 57.0 Å². The number of carbonyl (C=O) groups is 2. The second kappa shape index (κ2) is 9.35. The van der Waals surface area contributed by atoms with Crippen LogP contribution in [0.3, 0.4) is 0 Å². The lowest BCUT2D eigenvalue weighted by atomic mass is 10.0. The highest BCUT2D eigenvalue weighted by molar-refractivity contribution is 6.05. The smallest absolute Gasteiger partial charge is 0.349 e. The van der Waals surface area contributed by atoms with Crippen molar-refractivity contribution in [2.24, 2.45) is 0 Å². The maximum absolute atomic E-state index is 12.6. The van der Waals surface area contributed by atoms with E-state index in [1.165, 1.54) is 0 Å². The largest absolute Gasteiger partial charge is 0.427 e. The van der Waals surface area contributed by atoms with E-state index in [0.29, 0.717) is 22.6 Å². The molecule has 6 heteroatoms. The van der Waals surface area contributed by atoms with Crippen molar-refractivity contribution < 1.29 is 14.0 Å². The molecule has 0 aliphatic heterocycles. The monoisotopic (exact) mass is 384 g/mol. The lowest BCUT2D eigenvalue weighted by Gasteiger charge is -2.12. The van der Waals surface area contributed by atoms with Gasteiger partial charge >= 0.3 is 5.63 Å². The molecule has 1 unspecified atom stereocenters. The van der Waals surface area contributed by atoms with Crippen LogP contribution in [0.4, 0.5) is 5.69 Å². The minimum absolute atomic E-state index is 0.00615. The lowest BCUT2D eigenvalue weighted by molar-refractivity contribution is 0.0941. The molecule has 2 rings (SSSR count). The van der Waals surface area contributed by atoms with Crippen LogP contribution in [0.2, 0.25) is 0 Å². The van der Waals surface area contributed by atoms with Gasteiger partial charge in [0.15, 0.2) is 0 Å². The molecule has 150 valence electrons. The number of rotatable bonds is 7. The van der Waals surface area contributed by atoms with E-state index >= 15 is 0 Å². The third-order valence-electron chi connectivity index (χ3n) is 4.40. The van der Waals surface area contributed by atoms with Crippen molar-refractivity contribution in [1.29, 1.82) is 0 Å². The summed E-state index contributed by atoms with van der Waals surface area (Å²) in [6, 6.07) is 8.34. The molecule has 0 bridgehead atoms. The lowest BCUT2D eigenvalue weighted by Crippen LogP contribution is -2.30. The van der Waals surface area contributed by atoms with E-state index in [1.807, 2.05) is 20.8 Å². The summed E-state index contributed by atoms with van der Waals surface area (Å²) in [5.74, 6) is -0.0728. The molecule has 0 saturated heterocycles. The summed E-state index contributed by atoms with van der Waals surface area (Å²) >= 11 is 0. The summed E-state index contributed by atoms with van der Waals surface area (Å²) in [7, 11) is 0. The molecule has 6 nitrogen and oxygen atoms in total. The number of hydrogen-bond acceptors (Lipinski definition) is 4. The number of nitrogens with one attached hydrogen (secondary N) is 2. The fraction of sp³-hybridized carbons (Fsp3) is 0.409. The van der Waals surface area contributed by atoms with Gasteiger partial charge in [-0.3, -0.25) is 9.59 Å². The molecule has 1 atom stereocenters. The summed E-state index contributed by atoms with van der Waals surface area (Å²) in [6.45, 7) is 9.53. The van der Waals surface area contributed by atoms with Gasteiger partial charge in [0.05, 0.1) is 0 Å². The maximum atomic E-state index is 12.6. The van der Waals surface area contributed by atoms with E-state index in [0.717, 1.165) is 12.8 Å². The Morgan fingerprint density at radius 3 is 2.43 bits per heavy atom. The summed E-state index contributed by atoms with van der Waals surface area (Å²) in [4.78, 5) is 37.2. The molecule has 1 heterocycles. The molecule has 0 spiro atoms. The van der Waals surface area contributed by atoms with Crippen molar-refractivity contribution in [1.82, 2.24) is 5.32 Å². The molecular weight excluding hydrogens is 356 g/mol. The minimum Gasteiger partial charge on any atom is -0.427 e. The van der Waals surface area contributed by atoms with E-state index < -0.39 is 11.5 Å². The Labute approximate surface area is 165 Å². The van der Waals surface area contributed by atoms with Crippen LogP contribution in [0.5, 0.6) is 0 Å². The van der Waals surface area contributed by atoms with Crippen LogP contribution in [0, 0.1) is 6.92 Å². The second-order valence-corrected chi connectivity index (χ2v) is 7.35. The molecule has 1 aromatic carbocycles. The van der Waals surface area contributed by atoms with Crippen LogP contribution >= 0.6 is 0 Å². The Hall–Kier alpha value is -2.89. The zero-order valence-corrected chi connectivity index (χ0v) is 17.1. The highest BCUT2D eigenvalue weighted by Crippen LogP contribution is 2.21. The number of carbonyl (C=O) groups excluding carboxylic acids is 2. The number of aryl methyl sites for hydroxylation is 1. The third-order valence-corrected chi connectivity index (χ3v) is 4.40. The number of benzene rings is 1. The first-order valence-electron chi connectivity index (χ1n) is 9.59. The van der Waals surface area contributed by atoms with Gasteiger partial charge in [-0.1, -0.05) is 26.3 Å². The first kappa shape index (κ1) is 21.4. The highest BCUT2D eigenvalue weighted by atomic mass is 16.4. The van der Waals surface area contributed by atoms with Crippen molar-refractivity contribution in [2.75, 3.05) is 5.32 Å². The van der Waals surface area contributed by atoms with Crippen LogP contribution < -0.4 is 16.3 Å². The zero-order chi connectivity index (χ0) is 20.8. The van der Waals surface area contributed by atoms with Gasteiger partial charge in [0.25, 0.3) is 11.8 Å². The van der Waals surface area contributed by atoms with Gasteiger partial charge in [-0.15, -0.1) is 0 Å². The summed E-state index contributed by atoms with van der Waals surface area (Å²) in [6.07, 6.45) is 1.88. The van der Waals surface area contributed by atoms with Gasteiger partial charge in [-0.2, -0.15) is 0 Å². The molecule has 0 aliphatic carbocycles. The van der Waals surface area contributed by atoms with Gasteiger partial charge in [0.1, 0.15) is 11.3 Å². The molecule has 0 saturated carbocycles. The first-order valence-corrected chi connectivity index (χ1v) is 9.59. The molecular formula is C22H28N2O4. The van der Waals surface area contributed by atoms with Crippen LogP contribution in [0.15, 0.2) is 39.5 Å². The van der Waals surface area contributed by atoms with Crippen LogP contribution in [0.25, 0.3) is 0 Å². The summed E-state index contributed by atoms with van der Waals surface area (Å²) in [5, 5.41) is 5.48. The van der Waals surface area contributed by atoms with Crippen LogP contribution in [0.1, 0.15) is 78.5 Å². The molecule has 2 amide bonds. The average molecular weight is 384 g/mol. The van der Waals surface area contributed by atoms with Crippen molar-refractivity contribution >= 4 is 17.5 Å². The van der Waals surface area contributed by atoms with Crippen LogP contribution in [-0.2, 0) is 0 Å². The molecule has 28 heavy (non-hydrogen) atoms. The fourth-order valence-electron chi connectivity index (χ4n) is 3.00. The predicted molar refractivity (Wildman–Crippen MR) is 110 cm³/mol. The van der Waals surface area contributed by atoms with Gasteiger partial charge in [0.2, 0.25) is 0 Å². The van der Waals surface area contributed by atoms with Gasteiger partial charge in [0, 0.05) is 23.2 Å². The Balaban J connectivity index is 2.24. The van der Waals surface area contributed by atoms with Crippen molar-refractivity contribution in [2.45, 2.75) is 59.4 Å². The normalized spacial score (nSPS) is 11.9. The third kappa shape index (κ3) is 5.31. The molecule has 1 aromatic heterocycles. The van der Waals surface area contributed by atoms with Crippen LogP contribution in [-0.4, -0.2) is 17.9 Å². The van der Waals surface area contributed by atoms with E-state index in [4.69, 9.17) is 4.42 Å². The molecule has 0 fully saturated rings. The standard InChI is InChI=1S/C22H28N2O4/c1-6-8-14(4)18-11-15(5)19(22(27)28-18)21(26)24-17-10-7-9-16(12-17)20(25)23-13(2)3/h7,9-14H,6,8H2,1-5H3,(H,23,25)(H,24,26). The van der Waals surface area contributed by atoms with E-state index in [9.17, 15) is 14.4 Å². The molecule has 2 N–H and O–H groups in total. The van der Waals surface area contributed by atoms with Crippen molar-refractivity contribution in [3.05, 3.63) is 63.2 Å². The quantitative estimate of drug-likeness (QED) is 0.747. The van der Waals surface area contributed by atoms with Gasteiger partial charge in [-0.25, -0.2) is 4.79 Å².